The summed E-state index contributed by atoms with van der Waals surface area (Å²) in [6, 6.07) is 6.20. The number of aromatic carboxylic acids is 1. The fourth-order valence-electron chi connectivity index (χ4n) is 2.45. The summed E-state index contributed by atoms with van der Waals surface area (Å²) in [7, 11) is 0. The Morgan fingerprint density at radius 2 is 1.76 bits per heavy atom. The molecule has 0 saturated carbocycles. The van der Waals surface area contributed by atoms with E-state index >= 15 is 0 Å². The number of likely N-dealkylation sites (tertiary alicyclic amines) is 1. The summed E-state index contributed by atoms with van der Waals surface area (Å²) < 4.78 is 5.43. The zero-order chi connectivity index (χ0) is 15.1. The van der Waals surface area contributed by atoms with Gasteiger partial charge in [0.25, 0.3) is 5.91 Å². The molecule has 114 valence electrons. The van der Waals surface area contributed by atoms with E-state index in [2.05, 4.69) is 0 Å². The molecule has 5 nitrogen and oxygen atoms in total. The van der Waals surface area contributed by atoms with E-state index in [4.69, 9.17) is 9.84 Å². The first-order chi connectivity index (χ1) is 10.2. The zero-order valence-corrected chi connectivity index (χ0v) is 12.1. The highest BCUT2D eigenvalue weighted by Gasteiger charge is 2.15. The summed E-state index contributed by atoms with van der Waals surface area (Å²) >= 11 is 0. The summed E-state index contributed by atoms with van der Waals surface area (Å²) in [6.07, 6.45) is 5.68. The van der Waals surface area contributed by atoms with Crippen molar-refractivity contribution in [1.82, 2.24) is 4.90 Å². The van der Waals surface area contributed by atoms with Gasteiger partial charge in [-0.3, -0.25) is 4.79 Å². The first kappa shape index (κ1) is 15.4. The summed E-state index contributed by atoms with van der Waals surface area (Å²) in [5, 5.41) is 8.92. The molecule has 1 fully saturated rings. The number of amides is 1. The van der Waals surface area contributed by atoms with E-state index in [-0.39, 0.29) is 18.1 Å². The van der Waals surface area contributed by atoms with E-state index in [1.54, 1.807) is 12.1 Å². The van der Waals surface area contributed by atoms with Crippen molar-refractivity contribution in [2.75, 3.05) is 19.7 Å². The minimum absolute atomic E-state index is 0.0300. The maximum atomic E-state index is 12.1. The van der Waals surface area contributed by atoms with Crippen LogP contribution in [0.15, 0.2) is 24.3 Å². The van der Waals surface area contributed by atoms with Crippen LogP contribution in [0.2, 0.25) is 0 Å². The molecule has 1 heterocycles. The van der Waals surface area contributed by atoms with E-state index in [1.807, 2.05) is 4.90 Å². The van der Waals surface area contributed by atoms with Crippen molar-refractivity contribution in [3.63, 3.8) is 0 Å². The predicted octanol–water partition coefficient (Wildman–Crippen LogP) is 2.56. The van der Waals surface area contributed by atoms with Gasteiger partial charge in [0.1, 0.15) is 5.75 Å². The average Bonchev–Trinajstić information content (AvgIpc) is 2.44. The molecule has 5 heteroatoms. The van der Waals surface area contributed by atoms with Crippen molar-refractivity contribution < 1.29 is 19.4 Å². The van der Waals surface area contributed by atoms with Gasteiger partial charge in [0.15, 0.2) is 6.61 Å². The standard InChI is InChI=1S/C16H21NO4/c18-15(17-9-4-2-1-3-5-10-17)12-21-14-8-6-7-13(11-14)16(19)20/h6-8,11H,1-5,9-10,12H2,(H,19,20). The lowest BCUT2D eigenvalue weighted by molar-refractivity contribution is -0.133. The molecule has 1 aromatic rings. The van der Waals surface area contributed by atoms with Gasteiger partial charge in [0.05, 0.1) is 5.56 Å². The number of hydrogen-bond acceptors (Lipinski definition) is 3. The van der Waals surface area contributed by atoms with Gasteiger partial charge in [-0.15, -0.1) is 0 Å². The number of benzene rings is 1. The minimum Gasteiger partial charge on any atom is -0.484 e. The Balaban J connectivity index is 1.87. The molecular weight excluding hydrogens is 270 g/mol. The van der Waals surface area contributed by atoms with Crippen molar-refractivity contribution in [2.45, 2.75) is 32.1 Å². The Kier molecular flexibility index (Phi) is 5.60. The Labute approximate surface area is 124 Å². The molecule has 0 atom stereocenters. The molecule has 2 rings (SSSR count). The lowest BCUT2D eigenvalue weighted by Crippen LogP contribution is -2.37. The van der Waals surface area contributed by atoms with Crippen LogP contribution in [-0.4, -0.2) is 41.6 Å². The normalized spacial score (nSPS) is 15.9. The summed E-state index contributed by atoms with van der Waals surface area (Å²) in [5.74, 6) is -0.622. The molecular formula is C16H21NO4. The monoisotopic (exact) mass is 291 g/mol. The van der Waals surface area contributed by atoms with E-state index in [1.165, 1.54) is 31.4 Å². The number of carboxylic acids is 1. The topological polar surface area (TPSA) is 66.8 Å². The highest BCUT2D eigenvalue weighted by Crippen LogP contribution is 2.14. The molecule has 1 aliphatic heterocycles. The maximum absolute atomic E-state index is 12.1. The van der Waals surface area contributed by atoms with Crippen molar-refractivity contribution in [3.05, 3.63) is 29.8 Å². The SMILES string of the molecule is O=C(O)c1cccc(OCC(=O)N2CCCCCCC2)c1. The molecule has 0 aromatic heterocycles. The van der Waals surface area contributed by atoms with Crippen molar-refractivity contribution in [3.8, 4) is 5.75 Å². The fourth-order valence-corrected chi connectivity index (χ4v) is 2.45. The van der Waals surface area contributed by atoms with Crippen LogP contribution < -0.4 is 4.74 Å². The summed E-state index contributed by atoms with van der Waals surface area (Å²) in [5.41, 5.74) is 0.159. The molecule has 21 heavy (non-hydrogen) atoms. The van der Waals surface area contributed by atoms with Gasteiger partial charge in [-0.05, 0) is 31.0 Å². The number of nitrogens with zero attached hydrogens (tertiary/aromatic N) is 1. The molecule has 0 bridgehead atoms. The predicted molar refractivity (Wildman–Crippen MR) is 78.6 cm³/mol. The minimum atomic E-state index is -1.00. The second-order valence-corrected chi connectivity index (χ2v) is 5.27. The number of rotatable bonds is 4. The van der Waals surface area contributed by atoms with E-state index in [0.29, 0.717) is 5.75 Å². The van der Waals surface area contributed by atoms with Crippen LogP contribution in [0, 0.1) is 0 Å². The maximum Gasteiger partial charge on any atom is 0.335 e. The van der Waals surface area contributed by atoms with Crippen LogP contribution >= 0.6 is 0 Å². The highest BCUT2D eigenvalue weighted by molar-refractivity contribution is 5.88. The highest BCUT2D eigenvalue weighted by atomic mass is 16.5. The van der Waals surface area contributed by atoms with Gasteiger partial charge < -0.3 is 14.7 Å². The van der Waals surface area contributed by atoms with E-state index in [9.17, 15) is 9.59 Å². The number of carbonyl (C=O) groups is 2. The molecule has 1 amide bonds. The van der Waals surface area contributed by atoms with E-state index < -0.39 is 5.97 Å². The lowest BCUT2D eigenvalue weighted by Gasteiger charge is -2.24. The third-order valence-electron chi connectivity index (χ3n) is 3.65. The van der Waals surface area contributed by atoms with Crippen LogP contribution in [0.3, 0.4) is 0 Å². The van der Waals surface area contributed by atoms with Gasteiger partial charge >= 0.3 is 5.97 Å². The fraction of sp³-hybridized carbons (Fsp3) is 0.500. The molecule has 0 spiro atoms. The molecule has 1 N–H and O–H groups in total. The van der Waals surface area contributed by atoms with Gasteiger partial charge in [-0.1, -0.05) is 25.3 Å². The summed E-state index contributed by atoms with van der Waals surface area (Å²) in [4.78, 5) is 24.9. The molecule has 0 aliphatic carbocycles. The third-order valence-corrected chi connectivity index (χ3v) is 3.65. The Hall–Kier alpha value is -2.04. The Morgan fingerprint density at radius 1 is 1.10 bits per heavy atom. The van der Waals surface area contributed by atoms with Crippen LogP contribution in [0.25, 0.3) is 0 Å². The lowest BCUT2D eigenvalue weighted by atomic mass is 10.1. The molecule has 1 saturated heterocycles. The number of hydrogen-bond donors (Lipinski definition) is 1. The third kappa shape index (κ3) is 4.77. The number of carboxylic acid groups (broad SMARTS) is 1. The van der Waals surface area contributed by atoms with Gasteiger partial charge in [0.2, 0.25) is 0 Å². The second-order valence-electron chi connectivity index (χ2n) is 5.27. The van der Waals surface area contributed by atoms with Crippen molar-refractivity contribution in [1.29, 1.82) is 0 Å². The number of carbonyl (C=O) groups excluding carboxylic acids is 1. The van der Waals surface area contributed by atoms with Crippen molar-refractivity contribution in [2.24, 2.45) is 0 Å². The van der Waals surface area contributed by atoms with Gasteiger partial charge in [-0.25, -0.2) is 4.79 Å². The van der Waals surface area contributed by atoms with Crippen LogP contribution in [0.1, 0.15) is 42.5 Å². The molecule has 0 radical (unpaired) electrons. The quantitative estimate of drug-likeness (QED) is 0.925. The average molecular weight is 291 g/mol. The van der Waals surface area contributed by atoms with E-state index in [0.717, 1.165) is 25.9 Å². The molecule has 0 unspecified atom stereocenters. The zero-order valence-electron chi connectivity index (χ0n) is 12.1. The first-order valence-electron chi connectivity index (χ1n) is 7.41. The molecule has 1 aromatic carbocycles. The van der Waals surface area contributed by atoms with Crippen molar-refractivity contribution >= 4 is 11.9 Å². The smallest absolute Gasteiger partial charge is 0.335 e. The molecule has 1 aliphatic rings. The Bertz CT molecular complexity index is 493. The largest absolute Gasteiger partial charge is 0.484 e. The Morgan fingerprint density at radius 3 is 2.43 bits per heavy atom. The first-order valence-corrected chi connectivity index (χ1v) is 7.41. The van der Waals surface area contributed by atoms with Crippen LogP contribution in [-0.2, 0) is 4.79 Å². The summed E-state index contributed by atoms with van der Waals surface area (Å²) in [6.45, 7) is 1.54. The van der Waals surface area contributed by atoms with Crippen LogP contribution in [0.4, 0.5) is 0 Å². The second kappa shape index (κ2) is 7.67. The van der Waals surface area contributed by atoms with Gasteiger partial charge in [0, 0.05) is 13.1 Å². The number of ether oxygens (including phenoxy) is 1. The van der Waals surface area contributed by atoms with Gasteiger partial charge in [-0.2, -0.15) is 0 Å². The van der Waals surface area contributed by atoms with Crippen LogP contribution in [0.5, 0.6) is 5.75 Å².